The summed E-state index contributed by atoms with van der Waals surface area (Å²) in [5.41, 5.74) is 1.37. The minimum Gasteiger partial charge on any atom is -0.494 e. The lowest BCUT2D eigenvalue weighted by Crippen LogP contribution is -2.15. The van der Waals surface area contributed by atoms with Crippen LogP contribution in [0.15, 0.2) is 23.5 Å². The zero-order valence-corrected chi connectivity index (χ0v) is 10.0. The molecule has 0 heterocycles. The maximum absolute atomic E-state index is 5.67. The third kappa shape index (κ3) is 2.40. The van der Waals surface area contributed by atoms with Crippen LogP contribution in [-0.2, 0) is 4.74 Å². The summed E-state index contributed by atoms with van der Waals surface area (Å²) in [4.78, 5) is 0. The van der Waals surface area contributed by atoms with Crippen LogP contribution in [0.25, 0.3) is 0 Å². The van der Waals surface area contributed by atoms with Crippen molar-refractivity contribution in [1.82, 2.24) is 0 Å². The van der Waals surface area contributed by atoms with E-state index in [4.69, 9.17) is 4.74 Å². The first-order valence-corrected chi connectivity index (χ1v) is 5.63. The lowest BCUT2D eigenvalue weighted by atomic mass is 9.84. The second-order valence-corrected chi connectivity index (χ2v) is 4.46. The number of hydrogen-bond acceptors (Lipinski definition) is 1. The van der Waals surface area contributed by atoms with E-state index in [1.807, 2.05) is 6.92 Å². The highest BCUT2D eigenvalue weighted by Gasteiger charge is 2.20. The molecular weight excluding hydrogens is 172 g/mol. The summed E-state index contributed by atoms with van der Waals surface area (Å²) in [6.07, 6.45) is 4.63. The quantitative estimate of drug-likeness (QED) is 0.664. The van der Waals surface area contributed by atoms with E-state index in [1.54, 1.807) is 0 Å². The normalized spacial score (nSPS) is 27.3. The molecule has 14 heavy (non-hydrogen) atoms. The summed E-state index contributed by atoms with van der Waals surface area (Å²) in [5, 5.41) is 0. The van der Waals surface area contributed by atoms with Crippen LogP contribution in [0.5, 0.6) is 0 Å². The van der Waals surface area contributed by atoms with E-state index >= 15 is 0 Å². The molecule has 1 aliphatic rings. The van der Waals surface area contributed by atoms with Crippen LogP contribution < -0.4 is 0 Å². The van der Waals surface area contributed by atoms with Gasteiger partial charge >= 0.3 is 0 Å². The molecule has 1 unspecified atom stereocenters. The fourth-order valence-electron chi connectivity index (χ4n) is 1.77. The van der Waals surface area contributed by atoms with Crippen LogP contribution in [0.4, 0.5) is 0 Å². The van der Waals surface area contributed by atoms with Gasteiger partial charge in [-0.3, -0.25) is 0 Å². The minimum atomic E-state index is 0.558. The fourth-order valence-corrected chi connectivity index (χ4v) is 1.77. The van der Waals surface area contributed by atoms with Crippen molar-refractivity contribution in [2.75, 3.05) is 6.61 Å². The SMILES string of the molecule is CCOC1=CC(C)[C@@H](C)C=C1C(C)C. The van der Waals surface area contributed by atoms with Crippen molar-refractivity contribution in [3.05, 3.63) is 23.5 Å². The van der Waals surface area contributed by atoms with Crippen molar-refractivity contribution in [3.8, 4) is 0 Å². The molecule has 0 N–H and O–H groups in total. The Hall–Kier alpha value is -0.720. The van der Waals surface area contributed by atoms with Crippen molar-refractivity contribution < 1.29 is 4.74 Å². The Kier molecular flexibility index (Phi) is 3.79. The molecule has 0 fully saturated rings. The Morgan fingerprint density at radius 1 is 1.21 bits per heavy atom. The van der Waals surface area contributed by atoms with Gasteiger partial charge in [-0.2, -0.15) is 0 Å². The molecule has 0 spiro atoms. The molecular formula is C13H22O. The van der Waals surface area contributed by atoms with Gasteiger partial charge in [-0.15, -0.1) is 0 Å². The topological polar surface area (TPSA) is 9.23 Å². The number of hydrogen-bond donors (Lipinski definition) is 0. The van der Waals surface area contributed by atoms with Crippen molar-refractivity contribution >= 4 is 0 Å². The van der Waals surface area contributed by atoms with Gasteiger partial charge < -0.3 is 4.74 Å². The minimum absolute atomic E-state index is 0.558. The highest BCUT2D eigenvalue weighted by molar-refractivity contribution is 5.32. The summed E-state index contributed by atoms with van der Waals surface area (Å²) < 4.78 is 5.67. The average Bonchev–Trinajstić information content (AvgIpc) is 2.11. The fraction of sp³-hybridized carbons (Fsp3) is 0.692. The third-order valence-corrected chi connectivity index (χ3v) is 2.89. The predicted molar refractivity (Wildman–Crippen MR) is 61.0 cm³/mol. The molecule has 1 rings (SSSR count). The molecule has 1 nitrogen and oxygen atoms in total. The van der Waals surface area contributed by atoms with Gasteiger partial charge in [-0.1, -0.05) is 33.8 Å². The Bertz CT molecular complexity index is 248. The number of allylic oxidation sites excluding steroid dienone is 3. The predicted octanol–water partition coefficient (Wildman–Crippen LogP) is 3.78. The highest BCUT2D eigenvalue weighted by Crippen LogP contribution is 2.31. The summed E-state index contributed by atoms with van der Waals surface area (Å²) >= 11 is 0. The lowest BCUT2D eigenvalue weighted by molar-refractivity contribution is 0.225. The standard InChI is InChI=1S/C13H22O/c1-6-14-13-8-11(5)10(4)7-12(13)9(2)3/h7-11H,6H2,1-5H3/t10-,11?/m0/s1. The van der Waals surface area contributed by atoms with Crippen molar-refractivity contribution in [1.29, 1.82) is 0 Å². The molecule has 0 aliphatic heterocycles. The van der Waals surface area contributed by atoms with E-state index < -0.39 is 0 Å². The Morgan fingerprint density at radius 3 is 2.29 bits per heavy atom. The Morgan fingerprint density at radius 2 is 1.79 bits per heavy atom. The summed E-state index contributed by atoms with van der Waals surface area (Å²) in [5.74, 6) is 2.89. The number of rotatable bonds is 3. The molecule has 0 saturated heterocycles. The maximum Gasteiger partial charge on any atom is 0.118 e. The third-order valence-electron chi connectivity index (χ3n) is 2.89. The van der Waals surface area contributed by atoms with Crippen LogP contribution in [0.2, 0.25) is 0 Å². The summed E-state index contributed by atoms with van der Waals surface area (Å²) in [7, 11) is 0. The monoisotopic (exact) mass is 194 g/mol. The van der Waals surface area contributed by atoms with Crippen molar-refractivity contribution in [2.45, 2.75) is 34.6 Å². The molecule has 2 atom stereocenters. The largest absolute Gasteiger partial charge is 0.494 e. The van der Waals surface area contributed by atoms with Crippen LogP contribution in [0.3, 0.4) is 0 Å². The molecule has 0 aromatic rings. The van der Waals surface area contributed by atoms with E-state index in [0.29, 0.717) is 17.8 Å². The van der Waals surface area contributed by atoms with Gasteiger partial charge in [0.15, 0.2) is 0 Å². The summed E-state index contributed by atoms with van der Waals surface area (Å²) in [6, 6.07) is 0. The molecule has 0 amide bonds. The first-order chi connectivity index (χ1) is 6.56. The second-order valence-electron chi connectivity index (χ2n) is 4.46. The van der Waals surface area contributed by atoms with Gasteiger partial charge in [0, 0.05) is 0 Å². The second kappa shape index (κ2) is 4.68. The molecule has 1 heteroatoms. The molecule has 0 aromatic carbocycles. The summed E-state index contributed by atoms with van der Waals surface area (Å²) in [6.45, 7) is 11.8. The zero-order chi connectivity index (χ0) is 10.7. The van der Waals surface area contributed by atoms with Gasteiger partial charge in [-0.25, -0.2) is 0 Å². The van der Waals surface area contributed by atoms with Gasteiger partial charge in [-0.05, 0) is 36.3 Å². The zero-order valence-electron chi connectivity index (χ0n) is 10.0. The molecule has 0 radical (unpaired) electrons. The molecule has 0 bridgehead atoms. The van der Waals surface area contributed by atoms with E-state index in [-0.39, 0.29) is 0 Å². The molecule has 0 saturated carbocycles. The van der Waals surface area contributed by atoms with Gasteiger partial charge in [0.05, 0.1) is 6.61 Å². The van der Waals surface area contributed by atoms with E-state index in [2.05, 4.69) is 39.8 Å². The van der Waals surface area contributed by atoms with Crippen LogP contribution in [0.1, 0.15) is 34.6 Å². The van der Waals surface area contributed by atoms with Gasteiger partial charge in [0.25, 0.3) is 0 Å². The van der Waals surface area contributed by atoms with E-state index in [1.165, 1.54) is 5.57 Å². The molecule has 1 aliphatic carbocycles. The highest BCUT2D eigenvalue weighted by atomic mass is 16.5. The lowest BCUT2D eigenvalue weighted by Gasteiger charge is -2.26. The van der Waals surface area contributed by atoms with Crippen LogP contribution >= 0.6 is 0 Å². The Labute approximate surface area is 87.8 Å². The van der Waals surface area contributed by atoms with Crippen molar-refractivity contribution in [2.24, 2.45) is 17.8 Å². The maximum atomic E-state index is 5.67. The first kappa shape index (κ1) is 11.4. The smallest absolute Gasteiger partial charge is 0.118 e. The van der Waals surface area contributed by atoms with E-state index in [9.17, 15) is 0 Å². The number of ether oxygens (including phenoxy) is 1. The first-order valence-electron chi connectivity index (χ1n) is 5.63. The molecule has 0 aromatic heterocycles. The van der Waals surface area contributed by atoms with Crippen LogP contribution in [0, 0.1) is 17.8 Å². The van der Waals surface area contributed by atoms with Crippen LogP contribution in [-0.4, -0.2) is 6.61 Å². The average molecular weight is 194 g/mol. The van der Waals surface area contributed by atoms with Gasteiger partial charge in [0.1, 0.15) is 5.76 Å². The van der Waals surface area contributed by atoms with E-state index in [0.717, 1.165) is 12.4 Å². The van der Waals surface area contributed by atoms with Crippen molar-refractivity contribution in [3.63, 3.8) is 0 Å². The molecule has 80 valence electrons. The van der Waals surface area contributed by atoms with Gasteiger partial charge in [0.2, 0.25) is 0 Å². The Balaban J connectivity index is 2.88.